The first-order valence-electron chi connectivity index (χ1n) is 5.54. The van der Waals surface area contributed by atoms with Crippen molar-refractivity contribution in [1.82, 2.24) is 5.32 Å². The van der Waals surface area contributed by atoms with Crippen LogP contribution in [0.15, 0.2) is 0 Å². The SMILES string of the molecule is C#CCCCCC(=O)NC(CC)CC(=O)O. The maximum absolute atomic E-state index is 11.4. The topological polar surface area (TPSA) is 66.4 Å². The van der Waals surface area contributed by atoms with Gasteiger partial charge in [0.15, 0.2) is 0 Å². The summed E-state index contributed by atoms with van der Waals surface area (Å²) in [4.78, 5) is 21.9. The summed E-state index contributed by atoms with van der Waals surface area (Å²) in [5, 5.41) is 11.3. The van der Waals surface area contributed by atoms with Crippen LogP contribution in [0.4, 0.5) is 0 Å². The molecule has 1 atom stereocenters. The molecule has 0 saturated carbocycles. The molecule has 0 saturated heterocycles. The lowest BCUT2D eigenvalue weighted by Gasteiger charge is -2.14. The van der Waals surface area contributed by atoms with Gasteiger partial charge in [-0.25, -0.2) is 0 Å². The third-order valence-electron chi connectivity index (χ3n) is 2.25. The Morgan fingerprint density at radius 2 is 2.12 bits per heavy atom. The van der Waals surface area contributed by atoms with Gasteiger partial charge in [0, 0.05) is 18.9 Å². The van der Waals surface area contributed by atoms with Crippen molar-refractivity contribution < 1.29 is 14.7 Å². The van der Waals surface area contributed by atoms with E-state index in [1.807, 2.05) is 6.92 Å². The van der Waals surface area contributed by atoms with Gasteiger partial charge in [0.2, 0.25) is 5.91 Å². The fourth-order valence-electron chi connectivity index (χ4n) is 1.32. The molecule has 4 nitrogen and oxygen atoms in total. The van der Waals surface area contributed by atoms with Crippen molar-refractivity contribution in [2.45, 2.75) is 51.5 Å². The number of carboxylic acid groups (broad SMARTS) is 1. The van der Waals surface area contributed by atoms with Crippen molar-refractivity contribution in [3.63, 3.8) is 0 Å². The van der Waals surface area contributed by atoms with E-state index in [4.69, 9.17) is 11.5 Å². The molecule has 0 aromatic heterocycles. The maximum atomic E-state index is 11.4. The standard InChI is InChI=1S/C12H19NO3/c1-3-5-6-7-8-11(14)13-10(4-2)9-12(15)16/h1,10H,4-9H2,2H3,(H,13,14)(H,15,16). The summed E-state index contributed by atoms with van der Waals surface area (Å²) in [5.41, 5.74) is 0. The van der Waals surface area contributed by atoms with Crippen LogP contribution in [0, 0.1) is 12.3 Å². The monoisotopic (exact) mass is 225 g/mol. The number of amides is 1. The van der Waals surface area contributed by atoms with Gasteiger partial charge in [-0.05, 0) is 19.3 Å². The number of unbranched alkanes of at least 4 members (excludes halogenated alkanes) is 2. The molecule has 0 fully saturated rings. The van der Waals surface area contributed by atoms with Crippen LogP contribution in [0.5, 0.6) is 0 Å². The number of carbonyl (C=O) groups excluding carboxylic acids is 1. The Hall–Kier alpha value is -1.50. The molecule has 0 radical (unpaired) electrons. The molecule has 0 aliphatic carbocycles. The highest BCUT2D eigenvalue weighted by atomic mass is 16.4. The first-order valence-corrected chi connectivity index (χ1v) is 5.54. The molecular weight excluding hydrogens is 206 g/mol. The molecule has 90 valence electrons. The van der Waals surface area contributed by atoms with Crippen LogP contribution < -0.4 is 5.32 Å². The van der Waals surface area contributed by atoms with E-state index in [1.165, 1.54) is 0 Å². The lowest BCUT2D eigenvalue weighted by atomic mass is 10.1. The van der Waals surface area contributed by atoms with E-state index >= 15 is 0 Å². The van der Waals surface area contributed by atoms with Gasteiger partial charge in [0.25, 0.3) is 0 Å². The highest BCUT2D eigenvalue weighted by Crippen LogP contribution is 2.02. The van der Waals surface area contributed by atoms with E-state index in [9.17, 15) is 9.59 Å². The number of carboxylic acids is 1. The zero-order valence-corrected chi connectivity index (χ0v) is 9.66. The molecular formula is C12H19NO3. The molecule has 0 spiro atoms. The fraction of sp³-hybridized carbons (Fsp3) is 0.667. The minimum Gasteiger partial charge on any atom is -0.481 e. The van der Waals surface area contributed by atoms with Gasteiger partial charge in [-0.1, -0.05) is 6.92 Å². The molecule has 0 aromatic rings. The zero-order valence-electron chi connectivity index (χ0n) is 9.66. The minimum atomic E-state index is -0.889. The Morgan fingerprint density at radius 3 is 2.62 bits per heavy atom. The first kappa shape index (κ1) is 14.5. The Morgan fingerprint density at radius 1 is 1.44 bits per heavy atom. The number of hydrogen-bond donors (Lipinski definition) is 2. The summed E-state index contributed by atoms with van der Waals surface area (Å²) in [7, 11) is 0. The highest BCUT2D eigenvalue weighted by Gasteiger charge is 2.13. The van der Waals surface area contributed by atoms with Gasteiger partial charge in [0.1, 0.15) is 0 Å². The van der Waals surface area contributed by atoms with Crippen molar-refractivity contribution in [3.05, 3.63) is 0 Å². The predicted molar refractivity (Wildman–Crippen MR) is 61.8 cm³/mol. The molecule has 0 bridgehead atoms. The summed E-state index contributed by atoms with van der Waals surface area (Å²) >= 11 is 0. The van der Waals surface area contributed by atoms with Gasteiger partial charge in [-0.2, -0.15) is 0 Å². The average Bonchev–Trinajstić information content (AvgIpc) is 2.23. The van der Waals surface area contributed by atoms with Gasteiger partial charge in [0.05, 0.1) is 6.42 Å². The van der Waals surface area contributed by atoms with Crippen LogP contribution >= 0.6 is 0 Å². The number of aliphatic carboxylic acids is 1. The molecule has 0 rings (SSSR count). The number of nitrogens with one attached hydrogen (secondary N) is 1. The van der Waals surface area contributed by atoms with Crippen molar-refractivity contribution in [2.75, 3.05) is 0 Å². The predicted octanol–water partition coefficient (Wildman–Crippen LogP) is 1.55. The maximum Gasteiger partial charge on any atom is 0.305 e. The first-order chi connectivity index (χ1) is 7.60. The van der Waals surface area contributed by atoms with E-state index in [1.54, 1.807) is 0 Å². The Kier molecular flexibility index (Phi) is 7.96. The number of terminal acetylenes is 1. The Labute approximate surface area is 96.4 Å². The second-order valence-electron chi connectivity index (χ2n) is 3.68. The number of rotatable bonds is 8. The summed E-state index contributed by atoms with van der Waals surface area (Å²) < 4.78 is 0. The van der Waals surface area contributed by atoms with Crippen LogP contribution in [0.25, 0.3) is 0 Å². The number of hydrogen-bond acceptors (Lipinski definition) is 2. The van der Waals surface area contributed by atoms with E-state index in [0.29, 0.717) is 19.3 Å². The lowest BCUT2D eigenvalue weighted by Crippen LogP contribution is -2.35. The number of carbonyl (C=O) groups is 2. The molecule has 1 amide bonds. The van der Waals surface area contributed by atoms with Crippen LogP contribution in [0.3, 0.4) is 0 Å². The van der Waals surface area contributed by atoms with E-state index < -0.39 is 5.97 Å². The molecule has 0 aliphatic rings. The van der Waals surface area contributed by atoms with E-state index in [-0.39, 0.29) is 18.4 Å². The second kappa shape index (κ2) is 8.78. The quantitative estimate of drug-likeness (QED) is 0.486. The third-order valence-corrected chi connectivity index (χ3v) is 2.25. The van der Waals surface area contributed by atoms with Crippen molar-refractivity contribution >= 4 is 11.9 Å². The molecule has 0 aliphatic heterocycles. The molecule has 0 heterocycles. The van der Waals surface area contributed by atoms with Crippen molar-refractivity contribution in [3.8, 4) is 12.3 Å². The van der Waals surface area contributed by atoms with Crippen molar-refractivity contribution in [1.29, 1.82) is 0 Å². The van der Waals surface area contributed by atoms with Gasteiger partial charge < -0.3 is 10.4 Å². The Balaban J connectivity index is 3.75. The molecule has 4 heteroatoms. The summed E-state index contributed by atoms with van der Waals surface area (Å²) in [5.74, 6) is 1.53. The average molecular weight is 225 g/mol. The van der Waals surface area contributed by atoms with Crippen LogP contribution in [0.1, 0.15) is 45.4 Å². The van der Waals surface area contributed by atoms with Crippen LogP contribution in [0.2, 0.25) is 0 Å². The van der Waals surface area contributed by atoms with Gasteiger partial charge >= 0.3 is 5.97 Å². The van der Waals surface area contributed by atoms with Crippen molar-refractivity contribution in [2.24, 2.45) is 0 Å². The molecule has 16 heavy (non-hydrogen) atoms. The summed E-state index contributed by atoms with van der Waals surface area (Å²) in [6.45, 7) is 1.85. The fourth-order valence-corrected chi connectivity index (χ4v) is 1.32. The second-order valence-corrected chi connectivity index (χ2v) is 3.68. The summed E-state index contributed by atoms with van der Waals surface area (Å²) in [6.07, 6.45) is 8.37. The third kappa shape index (κ3) is 7.86. The lowest BCUT2D eigenvalue weighted by molar-refractivity contribution is -0.137. The highest BCUT2D eigenvalue weighted by molar-refractivity contribution is 5.77. The summed E-state index contributed by atoms with van der Waals surface area (Å²) in [6, 6.07) is -0.266. The molecule has 1 unspecified atom stereocenters. The van der Waals surface area contributed by atoms with Gasteiger partial charge in [-0.15, -0.1) is 12.3 Å². The molecule has 0 aromatic carbocycles. The smallest absolute Gasteiger partial charge is 0.305 e. The van der Waals surface area contributed by atoms with E-state index in [2.05, 4.69) is 11.2 Å². The largest absolute Gasteiger partial charge is 0.481 e. The minimum absolute atomic E-state index is 0.0212. The van der Waals surface area contributed by atoms with Gasteiger partial charge in [-0.3, -0.25) is 9.59 Å². The molecule has 2 N–H and O–H groups in total. The van der Waals surface area contributed by atoms with Crippen LogP contribution in [-0.4, -0.2) is 23.0 Å². The zero-order chi connectivity index (χ0) is 12.4. The van der Waals surface area contributed by atoms with Crippen LogP contribution in [-0.2, 0) is 9.59 Å². The normalized spacial score (nSPS) is 11.5. The van der Waals surface area contributed by atoms with E-state index in [0.717, 1.165) is 12.8 Å². The Bertz CT molecular complexity index is 268.